The SMILES string of the molecule is CCn1ccc(C(=O)Nc2sccc2C(=O)Nc2ccccc2C(F)(F)F)n1. The Morgan fingerprint density at radius 3 is 2.54 bits per heavy atom. The number of carbonyl (C=O) groups excluding carboxylic acids is 2. The summed E-state index contributed by atoms with van der Waals surface area (Å²) in [5.74, 6) is -1.27. The molecule has 0 saturated carbocycles. The molecule has 0 fully saturated rings. The number of benzene rings is 1. The van der Waals surface area contributed by atoms with Gasteiger partial charge in [-0.3, -0.25) is 14.3 Å². The van der Waals surface area contributed by atoms with Gasteiger partial charge < -0.3 is 10.6 Å². The van der Waals surface area contributed by atoms with Crippen LogP contribution in [0.25, 0.3) is 0 Å². The van der Waals surface area contributed by atoms with Crippen LogP contribution in [-0.4, -0.2) is 21.6 Å². The lowest BCUT2D eigenvalue weighted by Gasteiger charge is -2.13. The maximum atomic E-state index is 13.1. The van der Waals surface area contributed by atoms with Gasteiger partial charge in [-0.25, -0.2) is 0 Å². The number of aryl methyl sites for hydroxylation is 1. The third-order valence-electron chi connectivity index (χ3n) is 3.81. The predicted octanol–water partition coefficient (Wildman–Crippen LogP) is 4.49. The molecule has 0 spiro atoms. The number of nitrogens with one attached hydrogen (secondary N) is 2. The van der Waals surface area contributed by atoms with Crippen molar-refractivity contribution in [3.05, 3.63) is 64.8 Å². The molecule has 0 atom stereocenters. The van der Waals surface area contributed by atoms with Gasteiger partial charge in [-0.15, -0.1) is 11.3 Å². The number of alkyl halides is 3. The van der Waals surface area contributed by atoms with Crippen LogP contribution in [0.3, 0.4) is 0 Å². The molecular formula is C18H15F3N4O2S. The molecule has 0 radical (unpaired) electrons. The Hall–Kier alpha value is -3.14. The quantitative estimate of drug-likeness (QED) is 0.653. The van der Waals surface area contributed by atoms with Crippen molar-refractivity contribution in [2.75, 3.05) is 10.6 Å². The number of aromatic nitrogens is 2. The van der Waals surface area contributed by atoms with Gasteiger partial charge in [0, 0.05) is 12.7 Å². The number of rotatable bonds is 5. The van der Waals surface area contributed by atoms with Crippen molar-refractivity contribution in [3.8, 4) is 0 Å². The summed E-state index contributed by atoms with van der Waals surface area (Å²) in [4.78, 5) is 24.8. The second kappa shape index (κ2) is 7.85. The highest BCUT2D eigenvalue weighted by Gasteiger charge is 2.33. The van der Waals surface area contributed by atoms with E-state index in [9.17, 15) is 22.8 Å². The summed E-state index contributed by atoms with van der Waals surface area (Å²) >= 11 is 1.08. The van der Waals surface area contributed by atoms with Gasteiger partial charge in [0.25, 0.3) is 11.8 Å². The Balaban J connectivity index is 1.78. The first kappa shape index (κ1) is 19.6. The number of anilines is 2. The highest BCUT2D eigenvalue weighted by Crippen LogP contribution is 2.35. The average molecular weight is 408 g/mol. The van der Waals surface area contributed by atoms with Crippen LogP contribution in [0.1, 0.15) is 33.3 Å². The summed E-state index contributed by atoms with van der Waals surface area (Å²) < 4.78 is 40.9. The Labute approximate surface area is 162 Å². The standard InChI is InChI=1S/C18H15F3N4O2S/c1-2-25-9-7-14(24-25)16(27)23-17-11(8-10-28-17)15(26)22-13-6-4-3-5-12(13)18(19,20)21/h3-10H,2H2,1H3,(H,22,26)(H,23,27). The van der Waals surface area contributed by atoms with Gasteiger partial charge in [0.15, 0.2) is 5.69 Å². The predicted molar refractivity (Wildman–Crippen MR) is 99.6 cm³/mol. The number of nitrogens with zero attached hydrogens (tertiary/aromatic N) is 2. The Bertz CT molecular complexity index is 1010. The molecule has 2 aromatic heterocycles. The van der Waals surface area contributed by atoms with E-state index in [4.69, 9.17) is 0 Å². The van der Waals surface area contributed by atoms with Gasteiger partial charge in [0.05, 0.1) is 16.8 Å². The van der Waals surface area contributed by atoms with Crippen molar-refractivity contribution >= 4 is 33.8 Å². The number of carbonyl (C=O) groups is 2. The second-order valence-electron chi connectivity index (χ2n) is 5.67. The minimum atomic E-state index is -4.60. The van der Waals surface area contributed by atoms with E-state index in [0.717, 1.165) is 17.4 Å². The van der Waals surface area contributed by atoms with Gasteiger partial charge in [-0.2, -0.15) is 18.3 Å². The van der Waals surface area contributed by atoms with E-state index in [1.807, 2.05) is 6.92 Å². The second-order valence-corrected chi connectivity index (χ2v) is 6.59. The molecule has 3 rings (SSSR count). The van der Waals surface area contributed by atoms with Crippen molar-refractivity contribution in [3.63, 3.8) is 0 Å². The fraction of sp³-hybridized carbons (Fsp3) is 0.167. The lowest BCUT2D eigenvalue weighted by atomic mass is 10.1. The highest BCUT2D eigenvalue weighted by atomic mass is 32.1. The van der Waals surface area contributed by atoms with E-state index in [1.165, 1.54) is 30.3 Å². The first-order chi connectivity index (χ1) is 13.3. The third kappa shape index (κ3) is 4.22. The molecule has 0 aliphatic heterocycles. The van der Waals surface area contributed by atoms with Crippen LogP contribution in [0, 0.1) is 0 Å². The van der Waals surface area contributed by atoms with Gasteiger partial charge in [0.2, 0.25) is 0 Å². The molecule has 0 bridgehead atoms. The smallest absolute Gasteiger partial charge is 0.321 e. The van der Waals surface area contributed by atoms with Gasteiger partial charge in [-0.1, -0.05) is 12.1 Å². The van der Waals surface area contributed by atoms with E-state index in [1.54, 1.807) is 16.3 Å². The molecule has 0 aliphatic carbocycles. The molecule has 0 saturated heterocycles. The molecule has 0 unspecified atom stereocenters. The van der Waals surface area contributed by atoms with E-state index < -0.39 is 23.6 Å². The highest BCUT2D eigenvalue weighted by molar-refractivity contribution is 7.14. The van der Waals surface area contributed by atoms with E-state index in [-0.39, 0.29) is 21.9 Å². The normalized spacial score (nSPS) is 11.3. The van der Waals surface area contributed by atoms with Crippen molar-refractivity contribution < 1.29 is 22.8 Å². The summed E-state index contributed by atoms with van der Waals surface area (Å²) in [5, 5.41) is 10.7. The van der Waals surface area contributed by atoms with Gasteiger partial charge in [-0.05, 0) is 36.6 Å². The van der Waals surface area contributed by atoms with Crippen LogP contribution in [0.2, 0.25) is 0 Å². The minimum Gasteiger partial charge on any atom is -0.321 e. The fourth-order valence-electron chi connectivity index (χ4n) is 2.44. The number of halogens is 3. The third-order valence-corrected chi connectivity index (χ3v) is 4.64. The van der Waals surface area contributed by atoms with Crippen molar-refractivity contribution in [1.29, 1.82) is 0 Å². The molecular weight excluding hydrogens is 393 g/mol. The Morgan fingerprint density at radius 1 is 1.11 bits per heavy atom. The summed E-state index contributed by atoms with van der Waals surface area (Å²) in [5.41, 5.74) is -1.08. The maximum Gasteiger partial charge on any atom is 0.418 e. The molecule has 146 valence electrons. The lowest BCUT2D eigenvalue weighted by Crippen LogP contribution is -2.19. The van der Waals surface area contributed by atoms with Crippen molar-refractivity contribution in [1.82, 2.24) is 9.78 Å². The van der Waals surface area contributed by atoms with E-state index >= 15 is 0 Å². The molecule has 10 heteroatoms. The van der Waals surface area contributed by atoms with E-state index in [2.05, 4.69) is 15.7 Å². The monoisotopic (exact) mass is 408 g/mol. The van der Waals surface area contributed by atoms with Crippen LogP contribution < -0.4 is 10.6 Å². The largest absolute Gasteiger partial charge is 0.418 e. The molecule has 2 amide bonds. The fourth-order valence-corrected chi connectivity index (χ4v) is 3.22. The van der Waals surface area contributed by atoms with Crippen molar-refractivity contribution in [2.24, 2.45) is 0 Å². The molecule has 2 heterocycles. The van der Waals surface area contributed by atoms with Crippen LogP contribution in [0.15, 0.2) is 48.0 Å². The number of hydrogen-bond acceptors (Lipinski definition) is 4. The Morgan fingerprint density at radius 2 is 1.86 bits per heavy atom. The Kier molecular flexibility index (Phi) is 5.50. The maximum absolute atomic E-state index is 13.1. The number of amides is 2. The van der Waals surface area contributed by atoms with Crippen LogP contribution in [0.5, 0.6) is 0 Å². The molecule has 3 aromatic rings. The molecule has 6 nitrogen and oxygen atoms in total. The van der Waals surface area contributed by atoms with Crippen molar-refractivity contribution in [2.45, 2.75) is 19.6 Å². The first-order valence-corrected chi connectivity index (χ1v) is 9.07. The first-order valence-electron chi connectivity index (χ1n) is 8.19. The average Bonchev–Trinajstić information content (AvgIpc) is 3.30. The minimum absolute atomic E-state index is 0.0604. The zero-order chi connectivity index (χ0) is 20.3. The van der Waals surface area contributed by atoms with Gasteiger partial charge in [0.1, 0.15) is 5.00 Å². The lowest BCUT2D eigenvalue weighted by molar-refractivity contribution is -0.136. The molecule has 2 N–H and O–H groups in total. The molecule has 1 aromatic carbocycles. The number of thiophene rings is 1. The zero-order valence-corrected chi connectivity index (χ0v) is 15.4. The molecule has 28 heavy (non-hydrogen) atoms. The van der Waals surface area contributed by atoms with E-state index in [0.29, 0.717) is 6.54 Å². The summed E-state index contributed by atoms with van der Waals surface area (Å²) in [6.45, 7) is 2.47. The molecule has 0 aliphatic rings. The zero-order valence-electron chi connectivity index (χ0n) is 14.6. The van der Waals surface area contributed by atoms with Gasteiger partial charge >= 0.3 is 6.18 Å². The topological polar surface area (TPSA) is 76.0 Å². The summed E-state index contributed by atoms with van der Waals surface area (Å²) in [7, 11) is 0. The van der Waals surface area contributed by atoms with Crippen LogP contribution in [-0.2, 0) is 12.7 Å². The van der Waals surface area contributed by atoms with Crippen LogP contribution >= 0.6 is 11.3 Å². The summed E-state index contributed by atoms with van der Waals surface area (Å²) in [6, 6.07) is 7.65. The number of hydrogen-bond donors (Lipinski definition) is 2. The summed E-state index contributed by atoms with van der Waals surface area (Å²) in [6.07, 6.45) is -2.96. The number of para-hydroxylation sites is 1. The van der Waals surface area contributed by atoms with Crippen LogP contribution in [0.4, 0.5) is 23.9 Å².